The minimum atomic E-state index is -1.04. The fraction of sp³-hybridized carbons (Fsp3) is 0.304. The highest BCUT2D eigenvalue weighted by atomic mass is 35.5. The number of benzene rings is 2. The second-order valence-corrected chi connectivity index (χ2v) is 8.29. The summed E-state index contributed by atoms with van der Waals surface area (Å²) in [5.74, 6) is -3.95. The molecule has 164 valence electrons. The smallest absolute Gasteiger partial charge is 0.311 e. The van der Waals surface area contributed by atoms with Gasteiger partial charge in [-0.3, -0.25) is 14.2 Å². The molecule has 1 heterocycles. The normalized spacial score (nSPS) is 12.3. The van der Waals surface area contributed by atoms with Crippen LogP contribution < -0.4 is 0 Å². The molecular formula is C23H22Cl2FNO4. The van der Waals surface area contributed by atoms with Gasteiger partial charge in [-0.1, -0.05) is 49.4 Å². The summed E-state index contributed by atoms with van der Waals surface area (Å²) < 4.78 is 15.5. The minimum Gasteiger partial charge on any atom is -0.505 e. The zero-order chi connectivity index (χ0) is 22.9. The van der Waals surface area contributed by atoms with E-state index in [9.17, 15) is 24.2 Å². The molecule has 0 spiro atoms. The van der Waals surface area contributed by atoms with Crippen LogP contribution in [0.15, 0.2) is 30.3 Å². The van der Waals surface area contributed by atoms with Crippen LogP contribution >= 0.6 is 23.2 Å². The molecule has 0 saturated carbocycles. The summed E-state index contributed by atoms with van der Waals surface area (Å²) in [7, 11) is 0. The third kappa shape index (κ3) is 4.41. The third-order valence-electron chi connectivity index (χ3n) is 5.43. The molecule has 1 aromatic heterocycles. The number of nitrogens with zero attached hydrogens (tertiary/aromatic N) is 1. The summed E-state index contributed by atoms with van der Waals surface area (Å²) in [5.41, 5.74) is 1.16. The van der Waals surface area contributed by atoms with Crippen LogP contribution in [0.25, 0.3) is 10.9 Å². The van der Waals surface area contributed by atoms with Gasteiger partial charge in [-0.05, 0) is 43.2 Å². The molecule has 0 aliphatic carbocycles. The van der Waals surface area contributed by atoms with E-state index in [2.05, 4.69) is 0 Å². The average Bonchev–Trinajstić information content (AvgIpc) is 2.98. The number of halogens is 3. The SMILES string of the molecule is CCCCCC(C(=O)O)c1c(C)n(C(=O)c2ccc(Cl)c(Cl)c2)c2cc(F)c(O)cc12. The quantitative estimate of drug-likeness (QED) is 0.388. The highest BCUT2D eigenvalue weighted by molar-refractivity contribution is 6.42. The highest BCUT2D eigenvalue weighted by Gasteiger charge is 2.30. The third-order valence-corrected chi connectivity index (χ3v) is 6.17. The van der Waals surface area contributed by atoms with Crippen LogP contribution in [0.1, 0.15) is 60.1 Å². The summed E-state index contributed by atoms with van der Waals surface area (Å²) in [6.07, 6.45) is 2.84. The predicted octanol–water partition coefficient (Wildman–Crippen LogP) is 6.54. The maximum absolute atomic E-state index is 14.2. The van der Waals surface area contributed by atoms with Crippen molar-refractivity contribution in [1.29, 1.82) is 0 Å². The zero-order valence-corrected chi connectivity index (χ0v) is 18.6. The first kappa shape index (κ1) is 23.1. The molecule has 31 heavy (non-hydrogen) atoms. The van der Waals surface area contributed by atoms with Crippen molar-refractivity contribution >= 4 is 46.0 Å². The number of carboxylic acid groups (broad SMARTS) is 1. The molecular weight excluding hydrogens is 444 g/mol. The largest absolute Gasteiger partial charge is 0.505 e. The van der Waals surface area contributed by atoms with E-state index in [0.29, 0.717) is 29.5 Å². The van der Waals surface area contributed by atoms with E-state index in [4.69, 9.17) is 23.2 Å². The number of carbonyl (C=O) groups is 2. The van der Waals surface area contributed by atoms with E-state index in [0.717, 1.165) is 18.9 Å². The summed E-state index contributed by atoms with van der Waals surface area (Å²) in [4.78, 5) is 25.4. The fourth-order valence-corrected chi connectivity index (χ4v) is 4.20. The molecule has 3 aromatic rings. The van der Waals surface area contributed by atoms with Gasteiger partial charge in [0.1, 0.15) is 0 Å². The van der Waals surface area contributed by atoms with Gasteiger partial charge >= 0.3 is 5.97 Å². The van der Waals surface area contributed by atoms with Crippen molar-refractivity contribution < 1.29 is 24.2 Å². The molecule has 1 atom stereocenters. The number of carbonyl (C=O) groups excluding carboxylic acids is 1. The zero-order valence-electron chi connectivity index (χ0n) is 17.1. The van der Waals surface area contributed by atoms with E-state index in [1.807, 2.05) is 6.92 Å². The Hall–Kier alpha value is -2.57. The molecule has 3 rings (SSSR count). The van der Waals surface area contributed by atoms with Gasteiger partial charge < -0.3 is 10.2 Å². The van der Waals surface area contributed by atoms with Crippen molar-refractivity contribution in [1.82, 2.24) is 4.57 Å². The van der Waals surface area contributed by atoms with Crippen molar-refractivity contribution in [2.45, 2.75) is 45.4 Å². The van der Waals surface area contributed by atoms with Crippen LogP contribution in [0.2, 0.25) is 10.0 Å². The van der Waals surface area contributed by atoms with Crippen LogP contribution in [0.5, 0.6) is 5.75 Å². The van der Waals surface area contributed by atoms with Gasteiger partial charge in [-0.15, -0.1) is 0 Å². The number of hydrogen-bond acceptors (Lipinski definition) is 3. The average molecular weight is 466 g/mol. The molecule has 2 aromatic carbocycles. The van der Waals surface area contributed by atoms with Gasteiger partial charge in [0.15, 0.2) is 11.6 Å². The maximum atomic E-state index is 14.2. The Kier molecular flexibility index (Phi) is 6.92. The lowest BCUT2D eigenvalue weighted by Crippen LogP contribution is -2.16. The first-order chi connectivity index (χ1) is 14.7. The van der Waals surface area contributed by atoms with E-state index in [-0.39, 0.29) is 21.1 Å². The van der Waals surface area contributed by atoms with Crippen molar-refractivity contribution in [3.8, 4) is 5.75 Å². The fourth-order valence-electron chi connectivity index (χ4n) is 3.90. The van der Waals surface area contributed by atoms with Crippen LogP contribution in [0.4, 0.5) is 4.39 Å². The van der Waals surface area contributed by atoms with Crippen LogP contribution in [-0.4, -0.2) is 26.7 Å². The van der Waals surface area contributed by atoms with Gasteiger partial charge in [0, 0.05) is 22.7 Å². The first-order valence-corrected chi connectivity index (χ1v) is 10.7. The van der Waals surface area contributed by atoms with E-state index in [1.54, 1.807) is 6.92 Å². The van der Waals surface area contributed by atoms with Gasteiger partial charge in [-0.2, -0.15) is 0 Å². The summed E-state index contributed by atoms with van der Waals surface area (Å²) in [5, 5.41) is 20.7. The van der Waals surface area contributed by atoms with E-state index >= 15 is 0 Å². The van der Waals surface area contributed by atoms with E-state index in [1.165, 1.54) is 28.8 Å². The number of aliphatic carboxylic acids is 1. The molecule has 0 amide bonds. The molecule has 0 bridgehead atoms. The van der Waals surface area contributed by atoms with Crippen molar-refractivity contribution in [3.05, 3.63) is 63.0 Å². The molecule has 8 heteroatoms. The number of aromatic nitrogens is 1. The number of phenols is 1. The maximum Gasteiger partial charge on any atom is 0.311 e. The van der Waals surface area contributed by atoms with Crippen LogP contribution in [0.3, 0.4) is 0 Å². The summed E-state index contributed by atoms with van der Waals surface area (Å²) in [6.45, 7) is 3.64. The monoisotopic (exact) mass is 465 g/mol. The second kappa shape index (κ2) is 9.28. The van der Waals surface area contributed by atoms with Crippen molar-refractivity contribution in [3.63, 3.8) is 0 Å². The number of aromatic hydroxyl groups is 1. The standard InChI is InChI=1S/C23H22Cl2FNO4/c1-3-4-5-6-14(23(30)31)21-12(2)27(19-11-18(26)20(28)10-15(19)21)22(29)13-7-8-16(24)17(25)9-13/h7-11,14,28H,3-6H2,1-2H3,(H,30,31). The highest BCUT2D eigenvalue weighted by Crippen LogP contribution is 2.38. The molecule has 5 nitrogen and oxygen atoms in total. The lowest BCUT2D eigenvalue weighted by molar-refractivity contribution is -0.139. The molecule has 0 aliphatic heterocycles. The van der Waals surface area contributed by atoms with Crippen LogP contribution in [-0.2, 0) is 4.79 Å². The number of rotatable bonds is 7. The number of phenolic OH excluding ortho intramolecular Hbond substituents is 1. The molecule has 0 aliphatic rings. The number of hydrogen-bond donors (Lipinski definition) is 2. The molecule has 1 unspecified atom stereocenters. The lowest BCUT2D eigenvalue weighted by atomic mass is 9.91. The number of unbranched alkanes of at least 4 members (excludes halogenated alkanes) is 2. The molecule has 0 radical (unpaired) electrons. The molecule has 0 fully saturated rings. The molecule has 0 saturated heterocycles. The summed E-state index contributed by atoms with van der Waals surface area (Å²) in [6, 6.07) is 6.61. The van der Waals surface area contributed by atoms with Gasteiger partial charge in [0.05, 0.1) is 21.5 Å². The first-order valence-electron chi connectivity index (χ1n) is 9.93. The Morgan fingerprint density at radius 2 is 1.84 bits per heavy atom. The number of fused-ring (bicyclic) bond motifs is 1. The van der Waals surface area contributed by atoms with E-state index < -0.39 is 29.4 Å². The Labute approximate surface area is 189 Å². The van der Waals surface area contributed by atoms with Crippen molar-refractivity contribution in [2.24, 2.45) is 0 Å². The Balaban J connectivity index is 2.25. The van der Waals surface area contributed by atoms with Gasteiger partial charge in [0.2, 0.25) is 0 Å². The van der Waals surface area contributed by atoms with Gasteiger partial charge in [-0.25, -0.2) is 4.39 Å². The van der Waals surface area contributed by atoms with Gasteiger partial charge in [0.25, 0.3) is 5.91 Å². The molecule has 2 N–H and O–H groups in total. The number of carboxylic acids is 1. The Morgan fingerprint density at radius 1 is 1.13 bits per heavy atom. The summed E-state index contributed by atoms with van der Waals surface area (Å²) >= 11 is 12.0. The minimum absolute atomic E-state index is 0.181. The Morgan fingerprint density at radius 3 is 2.45 bits per heavy atom. The Bertz CT molecular complexity index is 1170. The lowest BCUT2D eigenvalue weighted by Gasteiger charge is -2.14. The predicted molar refractivity (Wildman–Crippen MR) is 119 cm³/mol. The topological polar surface area (TPSA) is 79.5 Å². The second-order valence-electron chi connectivity index (χ2n) is 7.48. The van der Waals surface area contributed by atoms with Crippen molar-refractivity contribution in [2.75, 3.05) is 0 Å². The van der Waals surface area contributed by atoms with Crippen LogP contribution in [0, 0.1) is 12.7 Å².